The first kappa shape index (κ1) is 15.5. The second-order valence-electron chi connectivity index (χ2n) is 6.02. The summed E-state index contributed by atoms with van der Waals surface area (Å²) >= 11 is 0. The lowest BCUT2D eigenvalue weighted by Gasteiger charge is -2.26. The molecule has 0 N–H and O–H groups in total. The maximum Gasteiger partial charge on any atom is 0.222 e. The van der Waals surface area contributed by atoms with Crippen molar-refractivity contribution in [3.63, 3.8) is 0 Å². The van der Waals surface area contributed by atoms with Crippen molar-refractivity contribution in [2.45, 2.75) is 60.3 Å². The predicted molar refractivity (Wildman–Crippen MR) is 70.4 cm³/mol. The number of carbonyl (C=O) groups is 1. The Labute approximate surface area is 101 Å². The lowest BCUT2D eigenvalue weighted by molar-refractivity contribution is -0.130. The fraction of sp³-hybridized carbons (Fsp3) is 0.929. The number of rotatable bonds is 7. The summed E-state index contributed by atoms with van der Waals surface area (Å²) < 4.78 is 0. The molecule has 0 atom stereocenters. The van der Waals surface area contributed by atoms with E-state index >= 15 is 0 Å². The van der Waals surface area contributed by atoms with E-state index in [4.69, 9.17) is 0 Å². The van der Waals surface area contributed by atoms with Crippen molar-refractivity contribution in [3.8, 4) is 0 Å². The molecule has 0 radical (unpaired) electrons. The van der Waals surface area contributed by atoms with E-state index in [2.05, 4.69) is 34.6 Å². The fourth-order valence-electron chi connectivity index (χ4n) is 1.37. The molecule has 0 aromatic rings. The SMILES string of the molecule is CCC(C)(C)CCN(C)C(=O)CCC(C)C. The third-order valence-electron chi connectivity index (χ3n) is 3.44. The molecule has 0 fully saturated rings. The van der Waals surface area contributed by atoms with Gasteiger partial charge < -0.3 is 4.90 Å². The molecular weight excluding hydrogens is 198 g/mol. The summed E-state index contributed by atoms with van der Waals surface area (Å²) in [7, 11) is 1.92. The van der Waals surface area contributed by atoms with Gasteiger partial charge in [-0.3, -0.25) is 4.79 Å². The molecule has 0 aliphatic heterocycles. The lowest BCUT2D eigenvalue weighted by atomic mass is 9.86. The van der Waals surface area contributed by atoms with Crippen LogP contribution in [0.3, 0.4) is 0 Å². The molecule has 0 saturated carbocycles. The van der Waals surface area contributed by atoms with Gasteiger partial charge in [-0.25, -0.2) is 0 Å². The van der Waals surface area contributed by atoms with Gasteiger partial charge in [0.15, 0.2) is 0 Å². The minimum Gasteiger partial charge on any atom is -0.346 e. The van der Waals surface area contributed by atoms with Gasteiger partial charge >= 0.3 is 0 Å². The Morgan fingerprint density at radius 1 is 1.31 bits per heavy atom. The molecule has 2 nitrogen and oxygen atoms in total. The second-order valence-corrected chi connectivity index (χ2v) is 6.02. The van der Waals surface area contributed by atoms with Crippen LogP contribution in [0.1, 0.15) is 60.3 Å². The molecule has 0 heterocycles. The third-order valence-corrected chi connectivity index (χ3v) is 3.44. The van der Waals surface area contributed by atoms with Crippen LogP contribution in [-0.2, 0) is 4.79 Å². The standard InChI is InChI=1S/C14H29NO/c1-7-14(4,5)10-11-15(6)13(16)9-8-12(2)3/h12H,7-11H2,1-6H3. The van der Waals surface area contributed by atoms with E-state index in [0.29, 0.717) is 23.7 Å². The van der Waals surface area contributed by atoms with Crippen molar-refractivity contribution in [2.75, 3.05) is 13.6 Å². The Morgan fingerprint density at radius 3 is 2.31 bits per heavy atom. The molecule has 96 valence electrons. The van der Waals surface area contributed by atoms with Crippen LogP contribution in [0.15, 0.2) is 0 Å². The minimum absolute atomic E-state index is 0.292. The highest BCUT2D eigenvalue weighted by Gasteiger charge is 2.17. The zero-order valence-electron chi connectivity index (χ0n) is 12.0. The molecule has 0 spiro atoms. The van der Waals surface area contributed by atoms with Gasteiger partial charge in [-0.05, 0) is 24.2 Å². The number of carbonyl (C=O) groups excluding carboxylic acids is 1. The Bertz CT molecular complexity index is 209. The first-order chi connectivity index (χ1) is 7.28. The molecule has 2 heteroatoms. The Kier molecular flexibility index (Phi) is 6.70. The van der Waals surface area contributed by atoms with Crippen LogP contribution < -0.4 is 0 Å². The number of nitrogens with zero attached hydrogens (tertiary/aromatic N) is 1. The maximum absolute atomic E-state index is 11.8. The van der Waals surface area contributed by atoms with Crippen molar-refractivity contribution >= 4 is 5.91 Å². The highest BCUT2D eigenvalue weighted by atomic mass is 16.2. The summed E-state index contributed by atoms with van der Waals surface area (Å²) in [6.45, 7) is 11.9. The summed E-state index contributed by atoms with van der Waals surface area (Å²) in [5.41, 5.74) is 0.354. The van der Waals surface area contributed by atoms with Gasteiger partial charge in [-0.15, -0.1) is 0 Å². The largest absolute Gasteiger partial charge is 0.346 e. The second kappa shape index (κ2) is 6.93. The minimum atomic E-state index is 0.292. The van der Waals surface area contributed by atoms with Crippen molar-refractivity contribution < 1.29 is 4.79 Å². The van der Waals surface area contributed by atoms with Crippen LogP contribution in [-0.4, -0.2) is 24.4 Å². The Morgan fingerprint density at radius 2 is 1.88 bits per heavy atom. The van der Waals surface area contributed by atoms with Crippen molar-refractivity contribution in [1.29, 1.82) is 0 Å². The highest BCUT2D eigenvalue weighted by Crippen LogP contribution is 2.24. The quantitative estimate of drug-likeness (QED) is 0.649. The van der Waals surface area contributed by atoms with Crippen LogP contribution in [0.25, 0.3) is 0 Å². The summed E-state index contributed by atoms with van der Waals surface area (Å²) in [6.07, 6.45) is 3.95. The summed E-state index contributed by atoms with van der Waals surface area (Å²) in [5.74, 6) is 0.907. The van der Waals surface area contributed by atoms with Crippen LogP contribution in [0.4, 0.5) is 0 Å². The van der Waals surface area contributed by atoms with E-state index in [9.17, 15) is 4.79 Å². The molecule has 0 bridgehead atoms. The average Bonchev–Trinajstić information content (AvgIpc) is 2.22. The molecule has 0 aromatic carbocycles. The average molecular weight is 227 g/mol. The Balaban J connectivity index is 3.88. The molecule has 0 unspecified atom stereocenters. The monoisotopic (exact) mass is 227 g/mol. The zero-order valence-corrected chi connectivity index (χ0v) is 12.0. The number of amides is 1. The van der Waals surface area contributed by atoms with Crippen LogP contribution in [0.5, 0.6) is 0 Å². The van der Waals surface area contributed by atoms with Gasteiger partial charge in [0.2, 0.25) is 5.91 Å². The predicted octanol–water partition coefficient (Wildman–Crippen LogP) is 3.71. The van der Waals surface area contributed by atoms with Gasteiger partial charge in [0, 0.05) is 20.0 Å². The molecule has 0 rings (SSSR count). The first-order valence-electron chi connectivity index (χ1n) is 6.52. The van der Waals surface area contributed by atoms with E-state index in [1.807, 2.05) is 11.9 Å². The van der Waals surface area contributed by atoms with Crippen LogP contribution in [0, 0.1) is 11.3 Å². The lowest BCUT2D eigenvalue weighted by Crippen LogP contribution is -2.30. The van der Waals surface area contributed by atoms with Crippen LogP contribution in [0.2, 0.25) is 0 Å². The topological polar surface area (TPSA) is 20.3 Å². The van der Waals surface area contributed by atoms with Crippen molar-refractivity contribution in [1.82, 2.24) is 4.90 Å². The van der Waals surface area contributed by atoms with Gasteiger partial charge in [0.05, 0.1) is 0 Å². The van der Waals surface area contributed by atoms with E-state index in [0.717, 1.165) is 19.4 Å². The normalized spacial score (nSPS) is 11.9. The summed E-state index contributed by atoms with van der Waals surface area (Å²) in [5, 5.41) is 0. The van der Waals surface area contributed by atoms with Gasteiger partial charge in [0.25, 0.3) is 0 Å². The van der Waals surface area contributed by atoms with E-state index in [1.165, 1.54) is 6.42 Å². The molecule has 0 aromatic heterocycles. The van der Waals surface area contributed by atoms with Gasteiger partial charge in [-0.2, -0.15) is 0 Å². The van der Waals surface area contributed by atoms with E-state index in [1.54, 1.807) is 0 Å². The first-order valence-corrected chi connectivity index (χ1v) is 6.52. The van der Waals surface area contributed by atoms with Crippen LogP contribution >= 0.6 is 0 Å². The fourth-order valence-corrected chi connectivity index (χ4v) is 1.37. The molecule has 1 amide bonds. The molecule has 0 saturated heterocycles. The van der Waals surface area contributed by atoms with Gasteiger partial charge in [-0.1, -0.05) is 41.0 Å². The summed E-state index contributed by atoms with van der Waals surface area (Å²) in [4.78, 5) is 13.7. The molecule has 0 aliphatic rings. The van der Waals surface area contributed by atoms with Gasteiger partial charge in [0.1, 0.15) is 0 Å². The number of hydrogen-bond donors (Lipinski definition) is 0. The molecule has 0 aliphatic carbocycles. The smallest absolute Gasteiger partial charge is 0.222 e. The van der Waals surface area contributed by atoms with Crippen molar-refractivity contribution in [2.24, 2.45) is 11.3 Å². The molecular formula is C14H29NO. The maximum atomic E-state index is 11.8. The Hall–Kier alpha value is -0.530. The summed E-state index contributed by atoms with van der Waals surface area (Å²) in [6, 6.07) is 0. The highest BCUT2D eigenvalue weighted by molar-refractivity contribution is 5.75. The zero-order chi connectivity index (χ0) is 12.8. The van der Waals surface area contributed by atoms with E-state index in [-0.39, 0.29) is 0 Å². The molecule has 16 heavy (non-hydrogen) atoms. The number of hydrogen-bond acceptors (Lipinski definition) is 1. The van der Waals surface area contributed by atoms with E-state index < -0.39 is 0 Å². The third kappa shape index (κ3) is 6.86. The van der Waals surface area contributed by atoms with Crippen molar-refractivity contribution in [3.05, 3.63) is 0 Å².